The van der Waals surface area contributed by atoms with Gasteiger partial charge in [-0.3, -0.25) is 4.79 Å². The van der Waals surface area contributed by atoms with Gasteiger partial charge in [0.05, 0.1) is 0 Å². The first kappa shape index (κ1) is 17.5. The van der Waals surface area contributed by atoms with Gasteiger partial charge in [-0.1, -0.05) is 12.5 Å². The van der Waals surface area contributed by atoms with Gasteiger partial charge in [-0.15, -0.1) is 6.58 Å². The zero-order valence-corrected chi connectivity index (χ0v) is 12.9. The predicted molar refractivity (Wildman–Crippen MR) is 82.3 cm³/mol. The summed E-state index contributed by atoms with van der Waals surface area (Å²) in [5.41, 5.74) is 0. The fourth-order valence-corrected chi connectivity index (χ4v) is 2.62. The summed E-state index contributed by atoms with van der Waals surface area (Å²) < 4.78 is 0. The second-order valence-corrected chi connectivity index (χ2v) is 5.53. The van der Waals surface area contributed by atoms with Crippen LogP contribution < -0.4 is 5.32 Å². The average molecular weight is 297 g/mol. The molecule has 0 bridgehead atoms. The van der Waals surface area contributed by atoms with Crippen LogP contribution in [0.15, 0.2) is 12.7 Å². The molecule has 1 aliphatic rings. The molecule has 1 aliphatic heterocycles. The van der Waals surface area contributed by atoms with Crippen molar-refractivity contribution in [2.24, 2.45) is 0 Å². The second-order valence-electron chi connectivity index (χ2n) is 5.53. The van der Waals surface area contributed by atoms with E-state index in [-0.39, 0.29) is 19.1 Å². The molecule has 2 N–H and O–H groups in total. The number of hydrogen-bond acceptors (Lipinski definition) is 3. The van der Waals surface area contributed by atoms with Crippen molar-refractivity contribution in [3.8, 4) is 0 Å². The van der Waals surface area contributed by atoms with Crippen LogP contribution in [0.3, 0.4) is 0 Å². The van der Waals surface area contributed by atoms with Gasteiger partial charge in [0, 0.05) is 25.7 Å². The van der Waals surface area contributed by atoms with Crippen LogP contribution in [0.5, 0.6) is 0 Å². The number of carboxylic acid groups (broad SMARTS) is 1. The summed E-state index contributed by atoms with van der Waals surface area (Å²) in [4.78, 5) is 26.3. The van der Waals surface area contributed by atoms with Gasteiger partial charge >= 0.3 is 12.0 Å². The summed E-state index contributed by atoms with van der Waals surface area (Å²) in [7, 11) is 0. The zero-order chi connectivity index (χ0) is 15.7. The van der Waals surface area contributed by atoms with Crippen LogP contribution in [-0.2, 0) is 4.79 Å². The average Bonchev–Trinajstić information content (AvgIpc) is 2.44. The predicted octanol–water partition coefficient (Wildman–Crippen LogP) is 1.53. The van der Waals surface area contributed by atoms with E-state index in [0.717, 1.165) is 19.5 Å². The van der Waals surface area contributed by atoms with Crippen LogP contribution >= 0.6 is 0 Å². The Labute approximate surface area is 126 Å². The molecule has 1 rings (SSSR count). The molecule has 21 heavy (non-hydrogen) atoms. The Balaban J connectivity index is 2.24. The maximum Gasteiger partial charge on any atom is 0.323 e. The lowest BCUT2D eigenvalue weighted by molar-refractivity contribution is -0.137. The van der Waals surface area contributed by atoms with Crippen molar-refractivity contribution in [1.29, 1.82) is 0 Å². The molecule has 0 aliphatic carbocycles. The lowest BCUT2D eigenvalue weighted by atomic mass is 10.0. The van der Waals surface area contributed by atoms with Gasteiger partial charge in [0.2, 0.25) is 0 Å². The van der Waals surface area contributed by atoms with E-state index in [9.17, 15) is 9.59 Å². The largest absolute Gasteiger partial charge is 0.480 e. The molecule has 0 radical (unpaired) electrons. The van der Waals surface area contributed by atoms with Crippen molar-refractivity contribution in [1.82, 2.24) is 15.1 Å². The van der Waals surface area contributed by atoms with E-state index in [1.54, 1.807) is 0 Å². The lowest BCUT2D eigenvalue weighted by Crippen LogP contribution is -2.44. The maximum atomic E-state index is 11.9. The highest BCUT2D eigenvalue weighted by atomic mass is 16.4. The molecule has 0 aromatic rings. The SMILES string of the molecule is C=CCN(CC(=O)O)C(=O)NCCCN1CCCCC1C. The Hall–Kier alpha value is -1.56. The van der Waals surface area contributed by atoms with Crippen LogP contribution in [0, 0.1) is 0 Å². The third kappa shape index (κ3) is 6.62. The molecule has 1 saturated heterocycles. The Kier molecular flexibility index (Phi) is 7.82. The normalized spacial score (nSPS) is 19.0. The molecular weight excluding hydrogens is 270 g/mol. The third-order valence-corrected chi connectivity index (χ3v) is 3.80. The molecule has 0 aromatic heterocycles. The first-order valence-corrected chi connectivity index (χ1v) is 7.64. The van der Waals surface area contributed by atoms with Crippen molar-refractivity contribution in [2.75, 3.05) is 32.7 Å². The number of piperidine rings is 1. The molecule has 1 heterocycles. The molecule has 6 heteroatoms. The van der Waals surface area contributed by atoms with Gasteiger partial charge in [-0.2, -0.15) is 0 Å². The van der Waals surface area contributed by atoms with Crippen LogP contribution in [0.1, 0.15) is 32.6 Å². The van der Waals surface area contributed by atoms with E-state index >= 15 is 0 Å². The van der Waals surface area contributed by atoms with Crippen molar-refractivity contribution in [3.05, 3.63) is 12.7 Å². The lowest BCUT2D eigenvalue weighted by Gasteiger charge is -2.33. The first-order valence-electron chi connectivity index (χ1n) is 7.64. The number of aliphatic carboxylic acids is 1. The van der Waals surface area contributed by atoms with Gasteiger partial charge < -0.3 is 20.2 Å². The van der Waals surface area contributed by atoms with Crippen LogP contribution in [0.25, 0.3) is 0 Å². The minimum atomic E-state index is -1.02. The van der Waals surface area contributed by atoms with Crippen molar-refractivity contribution < 1.29 is 14.7 Å². The quantitative estimate of drug-likeness (QED) is 0.526. The fraction of sp³-hybridized carbons (Fsp3) is 0.733. The number of rotatable bonds is 8. The van der Waals surface area contributed by atoms with Crippen LogP contribution in [-0.4, -0.2) is 65.7 Å². The Morgan fingerprint density at radius 2 is 2.24 bits per heavy atom. The molecule has 0 saturated carbocycles. The van der Waals surface area contributed by atoms with Crippen molar-refractivity contribution in [2.45, 2.75) is 38.6 Å². The first-order chi connectivity index (χ1) is 10.0. The number of urea groups is 1. The summed E-state index contributed by atoms with van der Waals surface area (Å²) in [6, 6.07) is 0.280. The number of nitrogens with one attached hydrogen (secondary N) is 1. The topological polar surface area (TPSA) is 72.9 Å². The van der Waals surface area contributed by atoms with E-state index in [4.69, 9.17) is 5.11 Å². The van der Waals surface area contributed by atoms with E-state index < -0.39 is 5.97 Å². The summed E-state index contributed by atoms with van der Waals surface area (Å²) in [5, 5.41) is 11.5. The van der Waals surface area contributed by atoms with Gasteiger partial charge in [0.15, 0.2) is 0 Å². The van der Waals surface area contributed by atoms with Crippen molar-refractivity contribution in [3.63, 3.8) is 0 Å². The molecule has 6 nitrogen and oxygen atoms in total. The Bertz CT molecular complexity index is 360. The van der Waals surface area contributed by atoms with E-state index in [2.05, 4.69) is 23.7 Å². The summed E-state index contributed by atoms with van der Waals surface area (Å²) in [6.07, 6.45) is 6.21. The number of carbonyl (C=O) groups is 2. The number of nitrogens with zero attached hydrogens (tertiary/aromatic N) is 2. The minimum absolute atomic E-state index is 0.237. The molecule has 120 valence electrons. The third-order valence-electron chi connectivity index (χ3n) is 3.80. The van der Waals surface area contributed by atoms with Crippen molar-refractivity contribution >= 4 is 12.0 Å². The standard InChI is InChI=1S/C15H27N3O3/c1-3-9-18(12-14(19)20)15(21)16-8-6-11-17-10-5-4-7-13(17)2/h3,13H,1,4-12H2,2H3,(H,16,21)(H,19,20). The maximum absolute atomic E-state index is 11.9. The molecule has 1 atom stereocenters. The van der Waals surface area contributed by atoms with Gasteiger partial charge in [-0.05, 0) is 32.7 Å². The monoisotopic (exact) mass is 297 g/mol. The minimum Gasteiger partial charge on any atom is -0.480 e. The Morgan fingerprint density at radius 3 is 2.86 bits per heavy atom. The molecule has 1 unspecified atom stereocenters. The van der Waals surface area contributed by atoms with E-state index in [1.807, 2.05) is 0 Å². The molecule has 0 spiro atoms. The van der Waals surface area contributed by atoms with Gasteiger partial charge in [0.1, 0.15) is 6.54 Å². The number of amides is 2. The van der Waals surface area contributed by atoms with E-state index in [1.165, 1.54) is 30.2 Å². The Morgan fingerprint density at radius 1 is 1.48 bits per heavy atom. The number of carbonyl (C=O) groups excluding carboxylic acids is 1. The summed E-state index contributed by atoms with van der Waals surface area (Å²) in [6.45, 7) is 8.39. The number of carboxylic acids is 1. The zero-order valence-electron chi connectivity index (χ0n) is 12.9. The fourth-order valence-electron chi connectivity index (χ4n) is 2.62. The van der Waals surface area contributed by atoms with Crippen LogP contribution in [0.4, 0.5) is 4.79 Å². The second kappa shape index (κ2) is 9.39. The molecule has 0 aromatic carbocycles. The summed E-state index contributed by atoms with van der Waals surface area (Å²) >= 11 is 0. The highest BCUT2D eigenvalue weighted by Gasteiger charge is 2.18. The summed E-state index contributed by atoms with van der Waals surface area (Å²) in [5.74, 6) is -1.02. The highest BCUT2D eigenvalue weighted by Crippen LogP contribution is 2.15. The van der Waals surface area contributed by atoms with E-state index in [0.29, 0.717) is 12.6 Å². The van der Waals surface area contributed by atoms with Crippen LogP contribution in [0.2, 0.25) is 0 Å². The highest BCUT2D eigenvalue weighted by molar-refractivity contribution is 5.80. The smallest absolute Gasteiger partial charge is 0.323 e. The molecular formula is C15H27N3O3. The molecule has 1 fully saturated rings. The van der Waals surface area contributed by atoms with Gasteiger partial charge in [0.25, 0.3) is 0 Å². The molecule has 2 amide bonds. The van der Waals surface area contributed by atoms with Gasteiger partial charge in [-0.25, -0.2) is 4.79 Å². The number of likely N-dealkylation sites (tertiary alicyclic amines) is 1. The number of hydrogen-bond donors (Lipinski definition) is 2.